The minimum Gasteiger partial charge on any atom is -0.232 e. The zero-order valence-electron chi connectivity index (χ0n) is 7.57. The van der Waals surface area contributed by atoms with Crippen LogP contribution in [0.2, 0.25) is 0 Å². The van der Waals surface area contributed by atoms with Crippen LogP contribution in [0.1, 0.15) is 5.56 Å². The summed E-state index contributed by atoms with van der Waals surface area (Å²) in [6, 6.07) is 4.91. The third-order valence-corrected chi connectivity index (χ3v) is 2.58. The van der Waals surface area contributed by atoms with Crippen molar-refractivity contribution in [1.29, 1.82) is 0 Å². The van der Waals surface area contributed by atoms with Crippen molar-refractivity contribution in [1.82, 2.24) is 0 Å². The summed E-state index contributed by atoms with van der Waals surface area (Å²) >= 11 is 7.09. The molecule has 1 nitrogen and oxygen atoms in total. The predicted octanol–water partition coefficient (Wildman–Crippen LogP) is 4.43. The van der Waals surface area contributed by atoms with Crippen molar-refractivity contribution >= 4 is 45.1 Å². The van der Waals surface area contributed by atoms with Crippen molar-refractivity contribution in [2.45, 2.75) is 13.1 Å². The Morgan fingerprint density at radius 1 is 1.40 bits per heavy atom. The molecule has 0 aliphatic carbocycles. The van der Waals surface area contributed by atoms with Crippen molar-refractivity contribution in [2.75, 3.05) is 0 Å². The lowest BCUT2D eigenvalue weighted by Crippen LogP contribution is -2.16. The van der Waals surface area contributed by atoms with Gasteiger partial charge < -0.3 is 0 Å². The average molecular weight is 348 g/mol. The molecule has 15 heavy (non-hydrogen) atoms. The van der Waals surface area contributed by atoms with Crippen LogP contribution in [0, 0.1) is 10.5 Å². The Morgan fingerprint density at radius 3 is 2.47 bits per heavy atom. The molecule has 0 spiro atoms. The van der Waals surface area contributed by atoms with Crippen LogP contribution < -0.4 is 0 Å². The van der Waals surface area contributed by atoms with Crippen molar-refractivity contribution in [2.24, 2.45) is 4.99 Å². The number of benzene rings is 1. The second kappa shape index (κ2) is 4.69. The monoisotopic (exact) mass is 347 g/mol. The molecule has 0 atom stereocenters. The molecule has 0 aliphatic rings. The summed E-state index contributed by atoms with van der Waals surface area (Å²) in [5.74, 6) is 0. The highest BCUT2D eigenvalue weighted by molar-refractivity contribution is 14.1. The van der Waals surface area contributed by atoms with Gasteiger partial charge in [-0.05, 0) is 53.3 Å². The minimum absolute atomic E-state index is 0.234. The molecular weight excluding hydrogens is 341 g/mol. The van der Waals surface area contributed by atoms with Crippen LogP contribution >= 0.6 is 34.2 Å². The number of rotatable bonds is 1. The molecule has 0 aliphatic heterocycles. The fraction of sp³-hybridized carbons (Fsp3) is 0.222. The molecule has 0 saturated carbocycles. The summed E-state index contributed by atoms with van der Waals surface area (Å²) in [6.07, 6.45) is -4.59. The average Bonchev–Trinajstić information content (AvgIpc) is 2.08. The van der Waals surface area contributed by atoms with E-state index in [1.807, 2.05) is 0 Å². The van der Waals surface area contributed by atoms with E-state index in [2.05, 4.69) is 27.6 Å². The molecule has 0 heterocycles. The van der Waals surface area contributed by atoms with E-state index in [4.69, 9.17) is 11.6 Å². The molecule has 0 bridgehead atoms. The molecule has 0 amide bonds. The van der Waals surface area contributed by atoms with Crippen LogP contribution in [-0.2, 0) is 0 Å². The highest BCUT2D eigenvalue weighted by Gasteiger charge is 2.34. The van der Waals surface area contributed by atoms with Crippen molar-refractivity contribution in [3.05, 3.63) is 27.3 Å². The highest BCUT2D eigenvalue weighted by Crippen LogP contribution is 2.26. The summed E-state index contributed by atoms with van der Waals surface area (Å²) in [5, 5.41) is -1.35. The molecule has 1 aromatic carbocycles. The topological polar surface area (TPSA) is 12.4 Å². The van der Waals surface area contributed by atoms with E-state index in [0.717, 1.165) is 3.57 Å². The van der Waals surface area contributed by atoms with Gasteiger partial charge in [-0.2, -0.15) is 13.2 Å². The van der Waals surface area contributed by atoms with Gasteiger partial charge in [0.05, 0.1) is 5.69 Å². The largest absolute Gasteiger partial charge is 0.444 e. The number of nitrogens with zero attached hydrogens (tertiary/aromatic N) is 1. The van der Waals surface area contributed by atoms with E-state index in [9.17, 15) is 13.2 Å². The normalized spacial score (nSPS) is 13.1. The zero-order valence-corrected chi connectivity index (χ0v) is 10.5. The fourth-order valence-electron chi connectivity index (χ4n) is 0.913. The van der Waals surface area contributed by atoms with Gasteiger partial charge in [-0.25, -0.2) is 4.99 Å². The van der Waals surface area contributed by atoms with Crippen LogP contribution in [0.15, 0.2) is 23.2 Å². The summed E-state index contributed by atoms with van der Waals surface area (Å²) in [5.41, 5.74) is 0.891. The first-order valence-corrected chi connectivity index (χ1v) is 5.34. The molecule has 1 aromatic rings. The first-order valence-electron chi connectivity index (χ1n) is 3.88. The van der Waals surface area contributed by atoms with E-state index in [0.29, 0.717) is 5.56 Å². The maximum Gasteiger partial charge on any atom is 0.444 e. The molecular formula is C9H6ClF3IN. The minimum atomic E-state index is -4.59. The summed E-state index contributed by atoms with van der Waals surface area (Å²) in [7, 11) is 0. The Hall–Kier alpha value is -0.300. The van der Waals surface area contributed by atoms with Gasteiger partial charge in [0.15, 0.2) is 0 Å². The van der Waals surface area contributed by atoms with Gasteiger partial charge >= 0.3 is 6.18 Å². The summed E-state index contributed by atoms with van der Waals surface area (Å²) in [4.78, 5) is 3.32. The van der Waals surface area contributed by atoms with Gasteiger partial charge in [0.25, 0.3) is 0 Å². The van der Waals surface area contributed by atoms with Crippen molar-refractivity contribution < 1.29 is 13.2 Å². The highest BCUT2D eigenvalue weighted by atomic mass is 127. The predicted molar refractivity (Wildman–Crippen MR) is 62.9 cm³/mol. The molecule has 0 unspecified atom stereocenters. The Bertz CT molecular complexity index is 401. The molecule has 6 heteroatoms. The van der Waals surface area contributed by atoms with Gasteiger partial charge in [0.2, 0.25) is 5.17 Å². The molecule has 82 valence electrons. The zero-order chi connectivity index (χ0) is 11.6. The Kier molecular flexibility index (Phi) is 3.99. The van der Waals surface area contributed by atoms with Crippen molar-refractivity contribution in [3.63, 3.8) is 0 Å². The lowest BCUT2D eigenvalue weighted by molar-refractivity contribution is -0.0558. The van der Waals surface area contributed by atoms with Gasteiger partial charge in [-0.1, -0.05) is 11.6 Å². The third-order valence-electron chi connectivity index (χ3n) is 1.61. The SMILES string of the molecule is Cc1cc(I)ccc1N=C(Cl)C(F)(F)F. The first kappa shape index (κ1) is 12.8. The number of aliphatic imine (C=N–C) groups is 1. The van der Waals surface area contributed by atoms with Gasteiger partial charge in [-0.15, -0.1) is 0 Å². The molecule has 0 fully saturated rings. The second-order valence-corrected chi connectivity index (χ2v) is 4.43. The van der Waals surface area contributed by atoms with E-state index in [-0.39, 0.29) is 5.69 Å². The van der Waals surface area contributed by atoms with Crippen LogP contribution in [0.3, 0.4) is 0 Å². The van der Waals surface area contributed by atoms with E-state index < -0.39 is 11.3 Å². The van der Waals surface area contributed by atoms with Crippen LogP contribution in [0.25, 0.3) is 0 Å². The molecule has 0 aromatic heterocycles. The lowest BCUT2D eigenvalue weighted by Gasteiger charge is -2.05. The number of aryl methyl sites for hydroxylation is 1. The second-order valence-electron chi connectivity index (χ2n) is 2.83. The Morgan fingerprint density at radius 2 is 2.00 bits per heavy atom. The van der Waals surface area contributed by atoms with Gasteiger partial charge in [0.1, 0.15) is 0 Å². The van der Waals surface area contributed by atoms with Crippen LogP contribution in [0.5, 0.6) is 0 Å². The van der Waals surface area contributed by atoms with E-state index in [1.165, 1.54) is 6.07 Å². The molecule has 0 saturated heterocycles. The number of hydrogen-bond acceptors (Lipinski definition) is 1. The van der Waals surface area contributed by atoms with Crippen LogP contribution in [-0.4, -0.2) is 11.3 Å². The standard InChI is InChI=1S/C9H6ClF3IN/c1-5-4-6(14)2-3-7(5)15-8(10)9(11,12)13/h2-4H,1H3. The smallest absolute Gasteiger partial charge is 0.232 e. The third kappa shape index (κ3) is 3.64. The van der Waals surface area contributed by atoms with Crippen molar-refractivity contribution in [3.8, 4) is 0 Å². The summed E-state index contributed by atoms with van der Waals surface area (Å²) < 4.78 is 37.2. The molecule has 0 radical (unpaired) electrons. The Labute approximate surface area is 103 Å². The van der Waals surface area contributed by atoms with Crippen LogP contribution in [0.4, 0.5) is 18.9 Å². The fourth-order valence-corrected chi connectivity index (χ4v) is 1.65. The lowest BCUT2D eigenvalue weighted by atomic mass is 10.2. The quantitative estimate of drug-likeness (QED) is 0.526. The molecule has 1 rings (SSSR count). The van der Waals surface area contributed by atoms with Gasteiger partial charge in [-0.3, -0.25) is 0 Å². The number of halogens is 5. The number of alkyl halides is 3. The maximum absolute atomic E-state index is 12.1. The molecule has 0 N–H and O–H groups in total. The van der Waals surface area contributed by atoms with Gasteiger partial charge in [0, 0.05) is 3.57 Å². The van der Waals surface area contributed by atoms with E-state index >= 15 is 0 Å². The van der Waals surface area contributed by atoms with E-state index in [1.54, 1.807) is 19.1 Å². The maximum atomic E-state index is 12.1. The first-order chi connectivity index (χ1) is 6.80. The number of hydrogen-bond donors (Lipinski definition) is 0. The Balaban J connectivity index is 3.09. The summed E-state index contributed by atoms with van der Waals surface area (Å²) in [6.45, 7) is 1.68.